The summed E-state index contributed by atoms with van der Waals surface area (Å²) in [5, 5.41) is 4.93. The molecular formula is C19H16FNO2S2. The first-order valence-corrected chi connectivity index (χ1v) is 10.0. The Balaban J connectivity index is 1.86. The molecule has 3 rings (SSSR count). The highest BCUT2D eigenvalue weighted by Gasteiger charge is 2.19. The Morgan fingerprint density at radius 1 is 1.08 bits per heavy atom. The Morgan fingerprint density at radius 3 is 2.32 bits per heavy atom. The lowest BCUT2D eigenvalue weighted by Gasteiger charge is -2.18. The van der Waals surface area contributed by atoms with Crippen LogP contribution in [0.3, 0.4) is 0 Å². The molecule has 0 fully saturated rings. The standard InChI is InChI=1S/C19H16FNO2S2/c1-25(23)16-10-6-14(7-11-16)19(22)21-18(17-3-2-12-24-17)13-4-8-15(20)9-5-13/h2-12,18H,1H3,(H,21,22)/t18-,25+/m1/s1. The molecule has 6 heteroatoms. The highest BCUT2D eigenvalue weighted by atomic mass is 32.2. The summed E-state index contributed by atoms with van der Waals surface area (Å²) < 4.78 is 24.7. The van der Waals surface area contributed by atoms with E-state index in [1.807, 2.05) is 17.5 Å². The zero-order valence-electron chi connectivity index (χ0n) is 13.4. The van der Waals surface area contributed by atoms with Gasteiger partial charge in [-0.1, -0.05) is 18.2 Å². The van der Waals surface area contributed by atoms with Gasteiger partial charge in [0.2, 0.25) is 0 Å². The van der Waals surface area contributed by atoms with E-state index in [-0.39, 0.29) is 17.8 Å². The molecule has 25 heavy (non-hydrogen) atoms. The van der Waals surface area contributed by atoms with E-state index in [1.54, 1.807) is 42.7 Å². The van der Waals surface area contributed by atoms with Gasteiger partial charge in [0, 0.05) is 32.4 Å². The Kier molecular flexibility index (Phi) is 5.40. The van der Waals surface area contributed by atoms with E-state index in [4.69, 9.17) is 0 Å². The van der Waals surface area contributed by atoms with Gasteiger partial charge in [-0.2, -0.15) is 0 Å². The summed E-state index contributed by atoms with van der Waals surface area (Å²) in [5.74, 6) is -0.556. The lowest BCUT2D eigenvalue weighted by atomic mass is 10.0. The van der Waals surface area contributed by atoms with Crippen molar-refractivity contribution in [3.8, 4) is 0 Å². The predicted molar refractivity (Wildman–Crippen MR) is 98.8 cm³/mol. The van der Waals surface area contributed by atoms with Crippen molar-refractivity contribution < 1.29 is 13.4 Å². The summed E-state index contributed by atoms with van der Waals surface area (Å²) >= 11 is 1.52. The smallest absolute Gasteiger partial charge is 0.252 e. The van der Waals surface area contributed by atoms with E-state index in [0.29, 0.717) is 10.5 Å². The minimum absolute atomic E-state index is 0.240. The van der Waals surface area contributed by atoms with Crippen molar-refractivity contribution in [2.45, 2.75) is 10.9 Å². The Hall–Kier alpha value is -2.31. The molecule has 1 aromatic heterocycles. The molecule has 0 unspecified atom stereocenters. The second-order valence-corrected chi connectivity index (χ2v) is 7.81. The fourth-order valence-corrected chi connectivity index (χ4v) is 3.76. The molecule has 0 saturated heterocycles. The van der Waals surface area contributed by atoms with Gasteiger partial charge < -0.3 is 5.32 Å². The Morgan fingerprint density at radius 2 is 1.76 bits per heavy atom. The van der Waals surface area contributed by atoms with E-state index in [2.05, 4.69) is 5.32 Å². The summed E-state index contributed by atoms with van der Waals surface area (Å²) in [6, 6.07) is 16.3. The third-order valence-corrected chi connectivity index (χ3v) is 5.63. The van der Waals surface area contributed by atoms with Crippen LogP contribution in [0.15, 0.2) is 70.9 Å². The van der Waals surface area contributed by atoms with Gasteiger partial charge >= 0.3 is 0 Å². The zero-order valence-corrected chi connectivity index (χ0v) is 15.1. The van der Waals surface area contributed by atoms with Crippen LogP contribution in [0.1, 0.15) is 26.8 Å². The summed E-state index contributed by atoms with van der Waals surface area (Å²) in [6.07, 6.45) is 1.59. The number of carbonyl (C=O) groups is 1. The maximum absolute atomic E-state index is 13.2. The van der Waals surface area contributed by atoms with Crippen LogP contribution >= 0.6 is 11.3 Å². The SMILES string of the molecule is C[S@](=O)c1ccc(C(=O)N[C@H](c2ccc(F)cc2)c2cccs2)cc1. The van der Waals surface area contributed by atoms with Crippen molar-refractivity contribution in [1.82, 2.24) is 5.32 Å². The van der Waals surface area contributed by atoms with Crippen LogP contribution in [-0.4, -0.2) is 16.4 Å². The lowest BCUT2D eigenvalue weighted by molar-refractivity contribution is 0.0943. The van der Waals surface area contributed by atoms with Gasteiger partial charge in [-0.3, -0.25) is 9.00 Å². The summed E-state index contributed by atoms with van der Waals surface area (Å²) in [5.41, 5.74) is 1.29. The number of amides is 1. The van der Waals surface area contributed by atoms with E-state index in [1.165, 1.54) is 23.5 Å². The monoisotopic (exact) mass is 373 g/mol. The van der Waals surface area contributed by atoms with Gasteiger partial charge in [0.15, 0.2) is 0 Å². The number of nitrogens with one attached hydrogen (secondary N) is 1. The van der Waals surface area contributed by atoms with Crippen LogP contribution in [-0.2, 0) is 10.8 Å². The fraction of sp³-hybridized carbons (Fsp3) is 0.105. The third-order valence-electron chi connectivity index (χ3n) is 3.75. The molecule has 1 amide bonds. The fourth-order valence-electron chi connectivity index (χ4n) is 2.44. The van der Waals surface area contributed by atoms with Crippen LogP contribution < -0.4 is 5.32 Å². The minimum atomic E-state index is -1.08. The van der Waals surface area contributed by atoms with Crippen LogP contribution in [0, 0.1) is 5.82 Å². The molecule has 0 aliphatic heterocycles. The summed E-state index contributed by atoms with van der Waals surface area (Å²) in [7, 11) is -1.08. The van der Waals surface area contributed by atoms with Crippen molar-refractivity contribution in [1.29, 1.82) is 0 Å². The number of benzene rings is 2. The highest BCUT2D eigenvalue weighted by Crippen LogP contribution is 2.26. The number of halogens is 1. The van der Waals surface area contributed by atoms with Crippen molar-refractivity contribution in [2.75, 3.05) is 6.26 Å². The molecular weight excluding hydrogens is 357 g/mol. The van der Waals surface area contributed by atoms with Crippen molar-refractivity contribution >= 4 is 28.0 Å². The zero-order chi connectivity index (χ0) is 17.8. The lowest BCUT2D eigenvalue weighted by Crippen LogP contribution is -2.28. The van der Waals surface area contributed by atoms with Gasteiger partial charge in [-0.15, -0.1) is 11.3 Å². The maximum Gasteiger partial charge on any atom is 0.252 e. The molecule has 1 N–H and O–H groups in total. The molecule has 128 valence electrons. The molecule has 0 spiro atoms. The topological polar surface area (TPSA) is 46.2 Å². The van der Waals surface area contributed by atoms with Crippen LogP contribution in [0.2, 0.25) is 0 Å². The van der Waals surface area contributed by atoms with Crippen LogP contribution in [0.25, 0.3) is 0 Å². The molecule has 2 aromatic carbocycles. The quantitative estimate of drug-likeness (QED) is 0.730. The first kappa shape index (κ1) is 17.5. The molecule has 0 radical (unpaired) electrons. The maximum atomic E-state index is 13.2. The van der Waals surface area contributed by atoms with Gasteiger partial charge in [0.25, 0.3) is 5.91 Å². The first-order valence-electron chi connectivity index (χ1n) is 7.58. The van der Waals surface area contributed by atoms with E-state index in [0.717, 1.165) is 10.4 Å². The molecule has 3 aromatic rings. The second kappa shape index (κ2) is 7.72. The van der Waals surface area contributed by atoms with Crippen LogP contribution in [0.4, 0.5) is 4.39 Å². The summed E-state index contributed by atoms with van der Waals surface area (Å²) in [4.78, 5) is 14.3. The molecule has 0 bridgehead atoms. The van der Waals surface area contributed by atoms with Gasteiger partial charge in [-0.25, -0.2) is 4.39 Å². The molecule has 0 saturated carbocycles. The number of hydrogen-bond acceptors (Lipinski definition) is 3. The second-order valence-electron chi connectivity index (χ2n) is 5.45. The predicted octanol–water partition coefficient (Wildman–Crippen LogP) is 4.14. The third kappa shape index (κ3) is 4.21. The van der Waals surface area contributed by atoms with E-state index < -0.39 is 10.8 Å². The van der Waals surface area contributed by atoms with Gasteiger partial charge in [0.1, 0.15) is 5.82 Å². The van der Waals surface area contributed by atoms with Crippen molar-refractivity contribution in [3.05, 3.63) is 87.9 Å². The van der Waals surface area contributed by atoms with Crippen molar-refractivity contribution in [2.24, 2.45) is 0 Å². The number of thiophene rings is 1. The Labute approximate surface area is 152 Å². The van der Waals surface area contributed by atoms with Crippen LogP contribution in [0.5, 0.6) is 0 Å². The molecule has 2 atom stereocenters. The number of hydrogen-bond donors (Lipinski definition) is 1. The first-order chi connectivity index (χ1) is 12.0. The van der Waals surface area contributed by atoms with E-state index >= 15 is 0 Å². The normalized spacial score (nSPS) is 13.2. The average Bonchev–Trinajstić information content (AvgIpc) is 3.15. The molecule has 0 aliphatic carbocycles. The summed E-state index contributed by atoms with van der Waals surface area (Å²) in [6.45, 7) is 0. The largest absolute Gasteiger partial charge is 0.340 e. The van der Waals surface area contributed by atoms with Gasteiger partial charge in [0.05, 0.1) is 6.04 Å². The number of carbonyl (C=O) groups excluding carboxylic acids is 1. The van der Waals surface area contributed by atoms with E-state index in [9.17, 15) is 13.4 Å². The van der Waals surface area contributed by atoms with Gasteiger partial charge in [-0.05, 0) is 53.4 Å². The Bertz CT molecular complexity index is 875. The molecule has 3 nitrogen and oxygen atoms in total. The molecule has 0 aliphatic rings. The number of rotatable bonds is 5. The molecule has 1 heterocycles. The average molecular weight is 373 g/mol. The highest BCUT2D eigenvalue weighted by molar-refractivity contribution is 7.84. The van der Waals surface area contributed by atoms with Crippen molar-refractivity contribution in [3.63, 3.8) is 0 Å². The minimum Gasteiger partial charge on any atom is -0.340 e.